The van der Waals surface area contributed by atoms with E-state index in [1.54, 1.807) is 12.1 Å². The van der Waals surface area contributed by atoms with E-state index < -0.39 is 17.6 Å². The van der Waals surface area contributed by atoms with E-state index in [0.717, 1.165) is 6.07 Å². The van der Waals surface area contributed by atoms with Gasteiger partial charge in [0.2, 0.25) is 0 Å². The van der Waals surface area contributed by atoms with Gasteiger partial charge in [0.05, 0.1) is 5.52 Å². The molecule has 0 aliphatic carbocycles. The molecule has 0 aliphatic rings. The van der Waals surface area contributed by atoms with Gasteiger partial charge in [-0.3, -0.25) is 0 Å². The third kappa shape index (κ3) is 1.97. The average molecular weight is 292 g/mol. The van der Waals surface area contributed by atoms with Gasteiger partial charge in [0, 0.05) is 9.86 Å². The highest BCUT2D eigenvalue weighted by Crippen LogP contribution is 2.36. The van der Waals surface area contributed by atoms with E-state index in [4.69, 9.17) is 0 Å². The van der Waals surface area contributed by atoms with Crippen molar-refractivity contribution < 1.29 is 18.3 Å². The summed E-state index contributed by atoms with van der Waals surface area (Å²) in [6.07, 6.45) is -4.65. The van der Waals surface area contributed by atoms with Crippen LogP contribution in [0.25, 0.3) is 10.9 Å². The first-order chi connectivity index (χ1) is 7.38. The van der Waals surface area contributed by atoms with Gasteiger partial charge < -0.3 is 5.11 Å². The zero-order valence-electron chi connectivity index (χ0n) is 7.72. The van der Waals surface area contributed by atoms with Gasteiger partial charge in [-0.2, -0.15) is 13.2 Å². The van der Waals surface area contributed by atoms with E-state index in [-0.39, 0.29) is 5.52 Å². The highest BCUT2D eigenvalue weighted by atomic mass is 79.9. The molecule has 1 heterocycles. The van der Waals surface area contributed by atoms with Crippen molar-refractivity contribution in [1.82, 2.24) is 4.98 Å². The van der Waals surface area contributed by atoms with E-state index in [0.29, 0.717) is 9.86 Å². The van der Waals surface area contributed by atoms with Crippen LogP contribution in [-0.4, -0.2) is 10.1 Å². The third-order valence-corrected chi connectivity index (χ3v) is 2.52. The van der Waals surface area contributed by atoms with Crippen LogP contribution in [0.2, 0.25) is 0 Å². The molecular formula is C10H5BrF3NO. The Hall–Kier alpha value is -1.30. The van der Waals surface area contributed by atoms with Crippen molar-refractivity contribution in [3.63, 3.8) is 0 Å². The summed E-state index contributed by atoms with van der Waals surface area (Å²) in [4.78, 5) is 3.39. The summed E-state index contributed by atoms with van der Waals surface area (Å²) in [6.45, 7) is 0. The Morgan fingerprint density at radius 1 is 1.19 bits per heavy atom. The van der Waals surface area contributed by atoms with Gasteiger partial charge in [-0.05, 0) is 24.3 Å². The van der Waals surface area contributed by atoms with Crippen LogP contribution in [0.15, 0.2) is 28.7 Å². The number of aromatic hydroxyl groups is 1. The Morgan fingerprint density at radius 2 is 1.88 bits per heavy atom. The zero-order valence-corrected chi connectivity index (χ0v) is 9.30. The first-order valence-corrected chi connectivity index (χ1v) is 5.04. The molecule has 2 rings (SSSR count). The van der Waals surface area contributed by atoms with Crippen LogP contribution in [-0.2, 0) is 6.18 Å². The smallest absolute Gasteiger partial charge is 0.437 e. The topological polar surface area (TPSA) is 33.1 Å². The maximum absolute atomic E-state index is 12.4. The Morgan fingerprint density at radius 3 is 2.50 bits per heavy atom. The molecule has 0 saturated heterocycles. The first kappa shape index (κ1) is 11.2. The fraction of sp³-hybridized carbons (Fsp3) is 0.100. The molecule has 2 aromatic rings. The molecule has 0 bridgehead atoms. The minimum atomic E-state index is -4.65. The number of hydrogen-bond acceptors (Lipinski definition) is 2. The molecule has 0 spiro atoms. The van der Waals surface area contributed by atoms with Crippen molar-refractivity contribution >= 4 is 26.8 Å². The lowest BCUT2D eigenvalue weighted by atomic mass is 10.2. The van der Waals surface area contributed by atoms with Gasteiger partial charge in [-0.1, -0.05) is 15.9 Å². The van der Waals surface area contributed by atoms with Crippen LogP contribution < -0.4 is 0 Å². The average Bonchev–Trinajstić information content (AvgIpc) is 2.14. The minimum Gasteiger partial charge on any atom is -0.506 e. The van der Waals surface area contributed by atoms with Crippen molar-refractivity contribution in [2.75, 3.05) is 0 Å². The Labute approximate surface area is 96.9 Å². The molecule has 1 N–H and O–H groups in total. The number of hydrogen-bond donors (Lipinski definition) is 1. The second-order valence-corrected chi connectivity index (χ2v) is 4.11. The molecule has 0 aliphatic heterocycles. The van der Waals surface area contributed by atoms with Crippen LogP contribution in [0, 0.1) is 0 Å². The number of fused-ring (bicyclic) bond motifs is 1. The van der Waals surface area contributed by atoms with E-state index in [1.165, 1.54) is 6.07 Å². The zero-order chi connectivity index (χ0) is 11.9. The molecular weight excluding hydrogens is 287 g/mol. The van der Waals surface area contributed by atoms with Crippen molar-refractivity contribution in [2.24, 2.45) is 0 Å². The summed E-state index contributed by atoms with van der Waals surface area (Å²) in [5.74, 6) is -0.863. The molecule has 0 amide bonds. The van der Waals surface area contributed by atoms with Crippen molar-refractivity contribution in [2.45, 2.75) is 6.18 Å². The van der Waals surface area contributed by atoms with Gasteiger partial charge in [-0.15, -0.1) is 0 Å². The molecule has 0 fully saturated rings. The number of alkyl halides is 3. The molecule has 84 valence electrons. The summed E-state index contributed by atoms with van der Waals surface area (Å²) in [6, 6.07) is 5.68. The molecule has 0 unspecified atom stereocenters. The number of aromatic nitrogens is 1. The quantitative estimate of drug-likeness (QED) is 0.802. The predicted molar refractivity (Wildman–Crippen MR) is 56.1 cm³/mol. The first-order valence-electron chi connectivity index (χ1n) is 4.24. The summed E-state index contributed by atoms with van der Waals surface area (Å²) in [5.41, 5.74) is -1.07. The Bertz CT molecular complexity index is 553. The van der Waals surface area contributed by atoms with Crippen molar-refractivity contribution in [1.29, 1.82) is 0 Å². The molecule has 6 heteroatoms. The molecule has 0 atom stereocenters. The molecule has 16 heavy (non-hydrogen) atoms. The normalized spacial score (nSPS) is 12.0. The summed E-state index contributed by atoms with van der Waals surface area (Å²) in [5, 5.41) is 9.68. The second kappa shape index (κ2) is 3.62. The summed E-state index contributed by atoms with van der Waals surface area (Å²) in [7, 11) is 0. The Kier molecular flexibility index (Phi) is 2.53. The standard InChI is InChI=1S/C10H5BrF3NO/c11-6-1-2-7-5(3-6)4-8(16)9(15-7)10(12,13)14/h1-4,16H. The van der Waals surface area contributed by atoms with Gasteiger partial charge >= 0.3 is 6.18 Å². The van der Waals surface area contributed by atoms with Gasteiger partial charge in [0.25, 0.3) is 0 Å². The number of halogens is 4. The third-order valence-electron chi connectivity index (χ3n) is 2.03. The summed E-state index contributed by atoms with van der Waals surface area (Å²) < 4.78 is 38.0. The van der Waals surface area contributed by atoms with Gasteiger partial charge in [0.15, 0.2) is 5.69 Å². The maximum Gasteiger partial charge on any atom is 0.437 e. The van der Waals surface area contributed by atoms with Crippen LogP contribution in [0.3, 0.4) is 0 Å². The number of benzene rings is 1. The molecule has 0 saturated carbocycles. The largest absolute Gasteiger partial charge is 0.506 e. The molecule has 2 nitrogen and oxygen atoms in total. The van der Waals surface area contributed by atoms with E-state index >= 15 is 0 Å². The predicted octanol–water partition coefficient (Wildman–Crippen LogP) is 3.72. The lowest BCUT2D eigenvalue weighted by Crippen LogP contribution is -2.08. The fourth-order valence-corrected chi connectivity index (χ4v) is 1.72. The lowest BCUT2D eigenvalue weighted by molar-refractivity contribution is -0.142. The van der Waals surface area contributed by atoms with E-state index in [1.807, 2.05) is 0 Å². The van der Waals surface area contributed by atoms with Crippen molar-refractivity contribution in [3.8, 4) is 5.75 Å². The summed E-state index contributed by atoms with van der Waals surface area (Å²) >= 11 is 3.18. The fourth-order valence-electron chi connectivity index (χ4n) is 1.34. The highest BCUT2D eigenvalue weighted by Gasteiger charge is 2.36. The van der Waals surface area contributed by atoms with Crippen LogP contribution in [0.5, 0.6) is 5.75 Å². The second-order valence-electron chi connectivity index (χ2n) is 3.19. The number of nitrogens with zero attached hydrogens (tertiary/aromatic N) is 1. The van der Waals surface area contributed by atoms with E-state index in [2.05, 4.69) is 20.9 Å². The molecule has 0 radical (unpaired) electrons. The van der Waals surface area contributed by atoms with Crippen molar-refractivity contribution in [3.05, 3.63) is 34.4 Å². The Balaban J connectivity index is 2.72. The SMILES string of the molecule is Oc1cc2cc(Br)ccc2nc1C(F)(F)F. The molecule has 1 aromatic heterocycles. The maximum atomic E-state index is 12.4. The number of rotatable bonds is 0. The molecule has 1 aromatic carbocycles. The lowest BCUT2D eigenvalue weighted by Gasteiger charge is -2.09. The van der Waals surface area contributed by atoms with Gasteiger partial charge in [0.1, 0.15) is 5.75 Å². The monoisotopic (exact) mass is 291 g/mol. The minimum absolute atomic E-state index is 0.188. The van der Waals surface area contributed by atoms with Crippen LogP contribution in [0.1, 0.15) is 5.69 Å². The highest BCUT2D eigenvalue weighted by molar-refractivity contribution is 9.10. The van der Waals surface area contributed by atoms with Gasteiger partial charge in [-0.25, -0.2) is 4.98 Å². The van der Waals surface area contributed by atoms with Crippen LogP contribution >= 0.6 is 15.9 Å². The van der Waals surface area contributed by atoms with E-state index in [9.17, 15) is 18.3 Å². The number of pyridine rings is 1. The van der Waals surface area contributed by atoms with Crippen LogP contribution in [0.4, 0.5) is 13.2 Å².